The molecule has 0 spiro atoms. The third-order valence-corrected chi connectivity index (χ3v) is 5.94. The lowest BCUT2D eigenvalue weighted by Gasteiger charge is -2.28. The van der Waals surface area contributed by atoms with Crippen LogP contribution in [0.5, 0.6) is 0 Å². The van der Waals surface area contributed by atoms with Crippen LogP contribution in [0.15, 0.2) is 24.3 Å². The molecule has 23 heavy (non-hydrogen) atoms. The maximum atomic E-state index is 12.6. The summed E-state index contributed by atoms with van der Waals surface area (Å²) in [4.78, 5) is 2.09. The monoisotopic (exact) mass is 349 g/mol. The Kier molecular flexibility index (Phi) is 5.73. The molecule has 1 aliphatic rings. The second kappa shape index (κ2) is 7.21. The predicted octanol–water partition coefficient (Wildman–Crippen LogP) is 3.49. The Labute approximate surface area is 135 Å². The fraction of sp³-hybridized carbons (Fsp3) is 0.625. The molecule has 3 nitrogen and oxygen atoms in total. The largest absolute Gasteiger partial charge is 0.416 e. The third kappa shape index (κ3) is 5.21. The normalized spacial score (nSPS) is 21.0. The van der Waals surface area contributed by atoms with Crippen molar-refractivity contribution in [2.24, 2.45) is 0 Å². The van der Waals surface area contributed by atoms with E-state index in [1.54, 1.807) is 0 Å². The van der Waals surface area contributed by atoms with Gasteiger partial charge in [-0.15, -0.1) is 0 Å². The molecule has 7 heteroatoms. The number of nitrogens with zero attached hydrogens (tertiary/aromatic N) is 1. The van der Waals surface area contributed by atoms with Crippen molar-refractivity contribution < 1.29 is 21.6 Å². The van der Waals surface area contributed by atoms with Crippen molar-refractivity contribution in [2.45, 2.75) is 44.9 Å². The predicted molar refractivity (Wildman–Crippen MR) is 83.8 cm³/mol. The van der Waals surface area contributed by atoms with Gasteiger partial charge in [0.25, 0.3) is 0 Å². The summed E-state index contributed by atoms with van der Waals surface area (Å²) in [5, 5.41) is 0. The standard InChI is InChI=1S/C16H22F3NO2S/c1-2-3-9-20(15-8-10-23(21,22)12-15)11-13-4-6-14(7-5-13)16(17,18)19/h4-7,15H,2-3,8-12H2,1H3. The van der Waals surface area contributed by atoms with Gasteiger partial charge in [-0.3, -0.25) is 4.90 Å². The van der Waals surface area contributed by atoms with Gasteiger partial charge in [0, 0.05) is 12.6 Å². The van der Waals surface area contributed by atoms with Gasteiger partial charge in [-0.25, -0.2) is 8.42 Å². The minimum absolute atomic E-state index is 0.0335. The van der Waals surface area contributed by atoms with Crippen molar-refractivity contribution in [2.75, 3.05) is 18.1 Å². The number of halogens is 3. The molecule has 0 aromatic heterocycles. The van der Waals surface area contributed by atoms with Crippen LogP contribution in [0.4, 0.5) is 13.2 Å². The third-order valence-electron chi connectivity index (χ3n) is 4.19. The van der Waals surface area contributed by atoms with Gasteiger partial charge >= 0.3 is 6.18 Å². The molecular weight excluding hydrogens is 327 g/mol. The minimum Gasteiger partial charge on any atom is -0.295 e. The van der Waals surface area contributed by atoms with Crippen LogP contribution in [-0.4, -0.2) is 37.4 Å². The average Bonchev–Trinajstić information content (AvgIpc) is 2.83. The van der Waals surface area contributed by atoms with E-state index in [1.807, 2.05) is 0 Å². The molecule has 1 fully saturated rings. The summed E-state index contributed by atoms with van der Waals surface area (Å²) >= 11 is 0. The first-order chi connectivity index (χ1) is 10.7. The number of rotatable bonds is 6. The Hall–Kier alpha value is -1.08. The van der Waals surface area contributed by atoms with E-state index in [-0.39, 0.29) is 17.5 Å². The summed E-state index contributed by atoms with van der Waals surface area (Å²) in [6, 6.07) is 5.09. The first kappa shape index (κ1) is 18.3. The molecule has 0 saturated carbocycles. The van der Waals surface area contributed by atoms with Crippen LogP contribution in [0.1, 0.15) is 37.3 Å². The molecule has 0 amide bonds. The zero-order chi connectivity index (χ0) is 17.1. The van der Waals surface area contributed by atoms with Gasteiger partial charge in [-0.2, -0.15) is 13.2 Å². The summed E-state index contributed by atoms with van der Waals surface area (Å²) < 4.78 is 61.2. The molecule has 1 atom stereocenters. The van der Waals surface area contributed by atoms with E-state index in [4.69, 9.17) is 0 Å². The smallest absolute Gasteiger partial charge is 0.295 e. The molecule has 2 rings (SSSR count). The number of alkyl halides is 3. The number of hydrogen-bond donors (Lipinski definition) is 0. The van der Waals surface area contributed by atoms with E-state index in [0.717, 1.165) is 37.1 Å². The molecule has 1 unspecified atom stereocenters. The fourth-order valence-corrected chi connectivity index (χ4v) is 4.61. The molecule has 1 aliphatic heterocycles. The fourth-order valence-electron chi connectivity index (χ4n) is 2.85. The van der Waals surface area contributed by atoms with Gasteiger partial charge in [-0.05, 0) is 37.1 Å². The molecular formula is C16H22F3NO2S. The Morgan fingerprint density at radius 1 is 1.22 bits per heavy atom. The maximum Gasteiger partial charge on any atom is 0.416 e. The van der Waals surface area contributed by atoms with E-state index < -0.39 is 21.6 Å². The van der Waals surface area contributed by atoms with Gasteiger partial charge in [0.05, 0.1) is 17.1 Å². The number of sulfone groups is 1. The van der Waals surface area contributed by atoms with Crippen molar-refractivity contribution in [3.05, 3.63) is 35.4 Å². The Morgan fingerprint density at radius 2 is 1.87 bits per heavy atom. The zero-order valence-corrected chi connectivity index (χ0v) is 14.0. The number of unbranched alkanes of at least 4 members (excludes halogenated alkanes) is 1. The molecule has 0 bridgehead atoms. The van der Waals surface area contributed by atoms with Crippen LogP contribution >= 0.6 is 0 Å². The van der Waals surface area contributed by atoms with Crippen molar-refractivity contribution >= 4 is 9.84 Å². The Bertz CT molecular complexity index is 611. The maximum absolute atomic E-state index is 12.6. The van der Waals surface area contributed by atoms with Crippen molar-refractivity contribution in [3.63, 3.8) is 0 Å². The van der Waals surface area contributed by atoms with E-state index in [9.17, 15) is 21.6 Å². The highest BCUT2D eigenvalue weighted by Gasteiger charge is 2.32. The zero-order valence-electron chi connectivity index (χ0n) is 13.1. The number of hydrogen-bond acceptors (Lipinski definition) is 3. The van der Waals surface area contributed by atoms with Crippen LogP contribution in [0.25, 0.3) is 0 Å². The van der Waals surface area contributed by atoms with Crippen molar-refractivity contribution in [3.8, 4) is 0 Å². The highest BCUT2D eigenvalue weighted by Crippen LogP contribution is 2.29. The molecule has 0 radical (unpaired) electrons. The Balaban J connectivity index is 2.08. The summed E-state index contributed by atoms with van der Waals surface area (Å²) in [6.07, 6.45) is -1.80. The van der Waals surface area contributed by atoms with E-state index in [1.165, 1.54) is 12.1 Å². The van der Waals surface area contributed by atoms with Crippen LogP contribution in [0.3, 0.4) is 0 Å². The number of benzene rings is 1. The van der Waals surface area contributed by atoms with Crippen LogP contribution < -0.4 is 0 Å². The highest BCUT2D eigenvalue weighted by molar-refractivity contribution is 7.91. The van der Waals surface area contributed by atoms with Crippen molar-refractivity contribution in [1.29, 1.82) is 0 Å². The highest BCUT2D eigenvalue weighted by atomic mass is 32.2. The lowest BCUT2D eigenvalue weighted by molar-refractivity contribution is -0.137. The van der Waals surface area contributed by atoms with Gasteiger partial charge in [-0.1, -0.05) is 25.5 Å². The van der Waals surface area contributed by atoms with Crippen LogP contribution in [-0.2, 0) is 22.6 Å². The van der Waals surface area contributed by atoms with Gasteiger partial charge in [0.2, 0.25) is 0 Å². The molecule has 0 aliphatic carbocycles. The van der Waals surface area contributed by atoms with Gasteiger partial charge in [0.15, 0.2) is 9.84 Å². The van der Waals surface area contributed by atoms with E-state index in [0.29, 0.717) is 13.0 Å². The Morgan fingerprint density at radius 3 is 2.35 bits per heavy atom. The molecule has 1 aromatic rings. The van der Waals surface area contributed by atoms with Crippen LogP contribution in [0, 0.1) is 0 Å². The summed E-state index contributed by atoms with van der Waals surface area (Å²) in [5.41, 5.74) is 0.114. The van der Waals surface area contributed by atoms with Gasteiger partial charge in [0.1, 0.15) is 0 Å². The average molecular weight is 349 g/mol. The lowest BCUT2D eigenvalue weighted by atomic mass is 10.1. The molecule has 1 aromatic carbocycles. The molecule has 1 saturated heterocycles. The molecule has 1 heterocycles. The SMILES string of the molecule is CCCCN(Cc1ccc(C(F)(F)F)cc1)C1CCS(=O)(=O)C1. The second-order valence-electron chi connectivity index (χ2n) is 6.08. The van der Waals surface area contributed by atoms with Crippen LogP contribution in [0.2, 0.25) is 0 Å². The second-order valence-corrected chi connectivity index (χ2v) is 8.30. The summed E-state index contributed by atoms with van der Waals surface area (Å²) in [6.45, 7) is 3.30. The topological polar surface area (TPSA) is 37.4 Å². The first-order valence-corrected chi connectivity index (χ1v) is 9.64. The minimum atomic E-state index is -4.33. The quantitative estimate of drug-likeness (QED) is 0.789. The van der Waals surface area contributed by atoms with Crippen molar-refractivity contribution in [1.82, 2.24) is 4.90 Å². The lowest BCUT2D eigenvalue weighted by Crippen LogP contribution is -2.36. The van der Waals surface area contributed by atoms with Gasteiger partial charge < -0.3 is 0 Å². The molecule has 130 valence electrons. The first-order valence-electron chi connectivity index (χ1n) is 7.82. The van der Waals surface area contributed by atoms with E-state index >= 15 is 0 Å². The van der Waals surface area contributed by atoms with E-state index in [2.05, 4.69) is 11.8 Å². The summed E-state index contributed by atoms with van der Waals surface area (Å²) in [5.74, 6) is 0.352. The summed E-state index contributed by atoms with van der Waals surface area (Å²) in [7, 11) is -2.97. The molecule has 0 N–H and O–H groups in total.